The molecule has 0 aliphatic rings. The first kappa shape index (κ1) is 33.4. The standard InChI is InChI=1S/C22H30N6O14/c1-4-41-15(31)12-27-20(36)26(11-14(30)40-3)21(37)28(22(27)38)13-16(32)42-10-7-25-18(34)23(5-8-29)17(33)24(19(25)35)6-9-39-2/h29H,4-13H2,1-3H3. The molecule has 2 heterocycles. The van der Waals surface area contributed by atoms with Crippen LogP contribution in [0.4, 0.5) is 0 Å². The van der Waals surface area contributed by atoms with Crippen LogP contribution < -0.4 is 34.1 Å². The highest BCUT2D eigenvalue weighted by atomic mass is 16.5. The average molecular weight is 603 g/mol. The van der Waals surface area contributed by atoms with E-state index in [2.05, 4.69) is 4.74 Å². The predicted octanol–water partition coefficient (Wildman–Crippen LogP) is -5.72. The van der Waals surface area contributed by atoms with E-state index in [0.29, 0.717) is 13.7 Å². The van der Waals surface area contributed by atoms with Crippen molar-refractivity contribution in [3.63, 3.8) is 0 Å². The zero-order valence-corrected chi connectivity index (χ0v) is 23.0. The molecule has 2 aromatic heterocycles. The molecule has 0 aliphatic heterocycles. The minimum absolute atomic E-state index is 0.0535. The number of hydrogen-bond donors (Lipinski definition) is 1. The first-order chi connectivity index (χ1) is 19.9. The Labute approximate surface area is 234 Å². The molecule has 2 rings (SSSR count). The summed E-state index contributed by atoms with van der Waals surface area (Å²) in [6, 6.07) is 0. The second kappa shape index (κ2) is 15.2. The molecule has 0 saturated heterocycles. The highest BCUT2D eigenvalue weighted by molar-refractivity contribution is 5.70. The Kier molecular flexibility index (Phi) is 12.1. The molecule has 0 aromatic carbocycles. The molecule has 0 aliphatic carbocycles. The summed E-state index contributed by atoms with van der Waals surface area (Å²) in [6.45, 7) is -4.11. The van der Waals surface area contributed by atoms with Crippen LogP contribution in [0.2, 0.25) is 0 Å². The molecular formula is C22H30N6O14. The van der Waals surface area contributed by atoms with E-state index in [0.717, 1.165) is 7.11 Å². The van der Waals surface area contributed by atoms with Crippen LogP contribution in [-0.2, 0) is 72.6 Å². The van der Waals surface area contributed by atoms with Gasteiger partial charge in [0.1, 0.15) is 26.2 Å². The van der Waals surface area contributed by atoms with E-state index < -0.39 is 98.0 Å². The molecule has 0 unspecified atom stereocenters. The molecule has 0 atom stereocenters. The Bertz CT molecular complexity index is 1670. The van der Waals surface area contributed by atoms with Crippen LogP contribution in [0, 0.1) is 0 Å². The second-order valence-corrected chi connectivity index (χ2v) is 8.23. The number of aliphatic hydroxyl groups is 1. The summed E-state index contributed by atoms with van der Waals surface area (Å²) in [4.78, 5) is 112. The molecule has 0 saturated carbocycles. The summed E-state index contributed by atoms with van der Waals surface area (Å²) in [5.41, 5.74) is -7.22. The van der Waals surface area contributed by atoms with Crippen LogP contribution in [0.5, 0.6) is 0 Å². The smallest absolute Gasteiger partial charge is 0.337 e. The van der Waals surface area contributed by atoms with Crippen molar-refractivity contribution in [1.29, 1.82) is 0 Å². The van der Waals surface area contributed by atoms with E-state index in [1.54, 1.807) is 0 Å². The van der Waals surface area contributed by atoms with Gasteiger partial charge in [0.2, 0.25) is 0 Å². The number of rotatable bonds is 15. The number of hydrogen-bond acceptors (Lipinski definition) is 14. The summed E-state index contributed by atoms with van der Waals surface area (Å²) in [5.74, 6) is -3.30. The van der Waals surface area contributed by atoms with Crippen molar-refractivity contribution in [2.24, 2.45) is 0 Å². The summed E-state index contributed by atoms with van der Waals surface area (Å²) in [7, 11) is 2.30. The summed E-state index contributed by atoms with van der Waals surface area (Å²) in [5, 5.41) is 9.21. The van der Waals surface area contributed by atoms with Gasteiger partial charge in [0, 0.05) is 7.11 Å². The van der Waals surface area contributed by atoms with E-state index >= 15 is 0 Å². The maximum absolute atomic E-state index is 12.9. The number of methoxy groups -OCH3 is 2. The fraction of sp³-hybridized carbons (Fsp3) is 0.591. The summed E-state index contributed by atoms with van der Waals surface area (Å²) < 4.78 is 21.6. The maximum Gasteiger partial charge on any atom is 0.337 e. The number of aliphatic hydroxyl groups excluding tert-OH is 1. The average Bonchev–Trinajstić information content (AvgIpc) is 2.95. The predicted molar refractivity (Wildman–Crippen MR) is 137 cm³/mol. The largest absolute Gasteiger partial charge is 0.468 e. The highest BCUT2D eigenvalue weighted by Gasteiger charge is 2.22. The quantitative estimate of drug-likeness (QED) is 0.148. The van der Waals surface area contributed by atoms with Crippen LogP contribution in [0.15, 0.2) is 28.8 Å². The molecule has 1 N–H and O–H groups in total. The first-order valence-electron chi connectivity index (χ1n) is 12.3. The monoisotopic (exact) mass is 602 g/mol. The van der Waals surface area contributed by atoms with Gasteiger partial charge in [0.15, 0.2) is 0 Å². The van der Waals surface area contributed by atoms with Crippen molar-refractivity contribution in [2.45, 2.75) is 46.2 Å². The van der Waals surface area contributed by atoms with Gasteiger partial charge in [0.25, 0.3) is 0 Å². The fourth-order valence-corrected chi connectivity index (χ4v) is 3.58. The number of aromatic nitrogens is 6. The maximum atomic E-state index is 12.9. The van der Waals surface area contributed by atoms with E-state index in [9.17, 15) is 48.3 Å². The minimum Gasteiger partial charge on any atom is -0.468 e. The zero-order valence-electron chi connectivity index (χ0n) is 23.0. The lowest BCUT2D eigenvalue weighted by molar-refractivity contribution is -0.145. The van der Waals surface area contributed by atoms with E-state index in [1.807, 2.05) is 0 Å². The van der Waals surface area contributed by atoms with E-state index in [4.69, 9.17) is 14.2 Å². The van der Waals surface area contributed by atoms with Gasteiger partial charge < -0.3 is 24.1 Å². The highest BCUT2D eigenvalue weighted by Crippen LogP contribution is 1.88. The van der Waals surface area contributed by atoms with Crippen LogP contribution >= 0.6 is 0 Å². The Morgan fingerprint density at radius 2 is 0.952 bits per heavy atom. The van der Waals surface area contributed by atoms with Gasteiger partial charge in [-0.25, -0.2) is 56.2 Å². The van der Waals surface area contributed by atoms with Crippen LogP contribution in [0.3, 0.4) is 0 Å². The number of ether oxygens (including phenoxy) is 4. The molecule has 0 bridgehead atoms. The zero-order chi connectivity index (χ0) is 31.6. The summed E-state index contributed by atoms with van der Waals surface area (Å²) in [6.07, 6.45) is 0. The van der Waals surface area contributed by atoms with E-state index in [-0.39, 0.29) is 33.5 Å². The van der Waals surface area contributed by atoms with Crippen LogP contribution in [-0.4, -0.2) is 91.1 Å². The van der Waals surface area contributed by atoms with Crippen molar-refractivity contribution in [2.75, 3.05) is 40.6 Å². The van der Waals surface area contributed by atoms with Gasteiger partial charge in [0.05, 0.1) is 46.6 Å². The van der Waals surface area contributed by atoms with Crippen molar-refractivity contribution in [3.05, 3.63) is 62.9 Å². The van der Waals surface area contributed by atoms with Crippen molar-refractivity contribution < 1.29 is 38.4 Å². The molecule has 0 fully saturated rings. The van der Waals surface area contributed by atoms with E-state index in [1.165, 1.54) is 14.0 Å². The van der Waals surface area contributed by atoms with Crippen molar-refractivity contribution >= 4 is 17.9 Å². The normalized spacial score (nSPS) is 10.9. The number of esters is 3. The van der Waals surface area contributed by atoms with Crippen molar-refractivity contribution in [1.82, 2.24) is 27.4 Å². The Morgan fingerprint density at radius 1 is 0.571 bits per heavy atom. The molecule has 0 radical (unpaired) electrons. The molecule has 0 spiro atoms. The fourth-order valence-electron chi connectivity index (χ4n) is 3.58. The molecule has 232 valence electrons. The molecule has 42 heavy (non-hydrogen) atoms. The number of carbonyl (C=O) groups is 3. The van der Waals surface area contributed by atoms with Gasteiger partial charge in [-0.05, 0) is 6.92 Å². The summed E-state index contributed by atoms with van der Waals surface area (Å²) >= 11 is 0. The van der Waals surface area contributed by atoms with Crippen LogP contribution in [0.25, 0.3) is 0 Å². The Balaban J connectivity index is 2.39. The third-order valence-electron chi connectivity index (χ3n) is 5.59. The van der Waals surface area contributed by atoms with Gasteiger partial charge in [-0.2, -0.15) is 0 Å². The first-order valence-corrected chi connectivity index (χ1v) is 12.3. The number of carbonyl (C=O) groups excluding carboxylic acids is 3. The van der Waals surface area contributed by atoms with Crippen molar-refractivity contribution in [3.8, 4) is 0 Å². The molecular weight excluding hydrogens is 572 g/mol. The van der Waals surface area contributed by atoms with Gasteiger partial charge in [-0.15, -0.1) is 0 Å². The molecule has 20 nitrogen and oxygen atoms in total. The molecule has 2 aromatic rings. The third kappa shape index (κ3) is 7.66. The Hall–Kier alpha value is -4.85. The second-order valence-electron chi connectivity index (χ2n) is 8.23. The lowest BCUT2D eigenvalue weighted by Gasteiger charge is -2.14. The SMILES string of the molecule is CCOC(=O)Cn1c(=O)n(CC(=O)OC)c(=O)n(CC(=O)OCCn2c(=O)n(CCO)c(=O)n(CCOC)c2=O)c1=O. The molecule has 0 amide bonds. The number of nitrogens with zero attached hydrogens (tertiary/aromatic N) is 6. The lowest BCUT2D eigenvalue weighted by atomic mass is 10.5. The molecule has 20 heteroatoms. The lowest BCUT2D eigenvalue weighted by Crippen LogP contribution is -2.56. The van der Waals surface area contributed by atoms with Gasteiger partial charge in [-0.3, -0.25) is 14.4 Å². The Morgan fingerprint density at radius 3 is 1.36 bits per heavy atom. The van der Waals surface area contributed by atoms with Crippen LogP contribution in [0.1, 0.15) is 6.92 Å². The van der Waals surface area contributed by atoms with Gasteiger partial charge >= 0.3 is 52.0 Å². The third-order valence-corrected chi connectivity index (χ3v) is 5.59. The van der Waals surface area contributed by atoms with Gasteiger partial charge in [-0.1, -0.05) is 0 Å². The topological polar surface area (TPSA) is 240 Å². The minimum atomic E-state index is -1.39.